The van der Waals surface area contributed by atoms with E-state index < -0.39 is 7.60 Å². The van der Waals surface area contributed by atoms with Gasteiger partial charge in [0.15, 0.2) is 0 Å². The van der Waals surface area contributed by atoms with Gasteiger partial charge >= 0.3 is 7.60 Å². The Morgan fingerprint density at radius 3 is 1.86 bits per heavy atom. The Morgan fingerprint density at radius 2 is 1.86 bits per heavy atom. The fourth-order valence-corrected chi connectivity index (χ4v) is 0. The van der Waals surface area contributed by atoms with E-state index in [1.165, 1.54) is 7.11 Å². The van der Waals surface area contributed by atoms with Gasteiger partial charge in [-0.2, -0.15) is 0 Å². The second-order valence-corrected chi connectivity index (χ2v) is 2.96. The molecule has 1 N–H and O–H groups in total. The first-order chi connectivity index (χ1) is 2.56. The van der Waals surface area contributed by atoms with E-state index in [1.807, 2.05) is 0 Å². The summed E-state index contributed by atoms with van der Waals surface area (Å²) < 4.78 is 14.0. The molecule has 0 heterocycles. The van der Waals surface area contributed by atoms with Gasteiger partial charge in [-0.1, -0.05) is 0 Å². The van der Waals surface area contributed by atoms with Gasteiger partial charge in [-0.25, -0.2) is 0 Å². The maximum atomic E-state index is 9.92. The molecule has 0 saturated heterocycles. The molecule has 46 valence electrons. The molecule has 7 heavy (non-hydrogen) atoms. The lowest BCUT2D eigenvalue weighted by atomic mass is 11.8. The summed E-state index contributed by atoms with van der Waals surface area (Å²) in [4.78, 5) is 8.16. The molecule has 0 bridgehead atoms. The molecule has 1 atom stereocenters. The van der Waals surface area contributed by atoms with Gasteiger partial charge in [-0.3, -0.25) is 4.57 Å². The largest absolute Gasteiger partial charge is 0.324 e. The van der Waals surface area contributed by atoms with E-state index in [0.717, 1.165) is 6.66 Å². The van der Waals surface area contributed by atoms with E-state index in [9.17, 15) is 4.57 Å². The summed E-state index contributed by atoms with van der Waals surface area (Å²) in [5, 5.41) is 0. The predicted octanol–water partition coefficient (Wildman–Crippen LogP) is 0.870. The Kier molecular flexibility index (Phi) is 5.13. The standard InChI is InChI=1S/C2H7O3P.ClH/c1-5-6(2,3)4;/h1-2H3,(H,3,4);1H. The van der Waals surface area contributed by atoms with Crippen molar-refractivity contribution >= 4 is 20.0 Å². The zero-order chi connectivity index (χ0) is 5.21. The van der Waals surface area contributed by atoms with Crippen molar-refractivity contribution in [2.75, 3.05) is 13.8 Å². The maximum absolute atomic E-state index is 9.92. The average Bonchev–Trinajstić information content (AvgIpc) is 1.35. The van der Waals surface area contributed by atoms with Crippen molar-refractivity contribution < 1.29 is 14.0 Å². The molecule has 0 spiro atoms. The van der Waals surface area contributed by atoms with Crippen LogP contribution in [-0.4, -0.2) is 18.7 Å². The minimum atomic E-state index is -3.15. The first-order valence-corrected chi connectivity index (χ1v) is 3.45. The van der Waals surface area contributed by atoms with Crippen molar-refractivity contribution in [2.24, 2.45) is 0 Å². The van der Waals surface area contributed by atoms with Crippen LogP contribution in [0.15, 0.2) is 0 Å². The highest BCUT2D eigenvalue weighted by Crippen LogP contribution is 2.34. The number of hydrogen-bond acceptors (Lipinski definition) is 2. The molecule has 5 heteroatoms. The fraction of sp³-hybridized carbons (Fsp3) is 1.00. The smallest absolute Gasteiger partial charge is 0.324 e. The topological polar surface area (TPSA) is 46.5 Å². The monoisotopic (exact) mass is 146 g/mol. The van der Waals surface area contributed by atoms with Gasteiger partial charge in [-0.05, 0) is 0 Å². The number of halogens is 1. The van der Waals surface area contributed by atoms with E-state index in [0.29, 0.717) is 0 Å². The molecule has 0 aromatic carbocycles. The third-order valence-electron chi connectivity index (χ3n) is 0.339. The third-order valence-corrected chi connectivity index (χ3v) is 1.02. The molecule has 0 fully saturated rings. The van der Waals surface area contributed by atoms with Crippen molar-refractivity contribution in [3.8, 4) is 0 Å². The van der Waals surface area contributed by atoms with E-state index >= 15 is 0 Å². The lowest BCUT2D eigenvalue weighted by molar-refractivity contribution is 0.322. The van der Waals surface area contributed by atoms with E-state index in [-0.39, 0.29) is 12.4 Å². The average molecular weight is 147 g/mol. The van der Waals surface area contributed by atoms with Crippen molar-refractivity contribution in [3.63, 3.8) is 0 Å². The molecule has 0 aliphatic rings. The maximum Gasteiger partial charge on any atom is 0.324 e. The van der Waals surface area contributed by atoms with Crippen LogP contribution in [-0.2, 0) is 9.09 Å². The molecular formula is C2H8ClO3P. The molecule has 0 aromatic heterocycles. The molecule has 0 rings (SSSR count). The molecule has 0 amide bonds. The lowest BCUT2D eigenvalue weighted by Crippen LogP contribution is -1.75. The van der Waals surface area contributed by atoms with Gasteiger partial charge in [-0.15, -0.1) is 12.4 Å². The van der Waals surface area contributed by atoms with Crippen molar-refractivity contribution in [2.45, 2.75) is 0 Å². The normalized spacial score (nSPS) is 17.0. The highest BCUT2D eigenvalue weighted by Gasteiger charge is 2.02. The quantitative estimate of drug-likeness (QED) is 0.559. The molecule has 0 aliphatic heterocycles. The highest BCUT2D eigenvalue weighted by atomic mass is 35.5. The van der Waals surface area contributed by atoms with Crippen LogP contribution in [0, 0.1) is 0 Å². The van der Waals surface area contributed by atoms with Crippen LogP contribution in [0.25, 0.3) is 0 Å². The molecule has 0 aliphatic carbocycles. The Bertz CT molecular complexity index is 77.0. The summed E-state index contributed by atoms with van der Waals surface area (Å²) in [6.45, 7) is 1.13. The summed E-state index contributed by atoms with van der Waals surface area (Å²) in [6.07, 6.45) is 0. The van der Waals surface area contributed by atoms with E-state index in [4.69, 9.17) is 4.89 Å². The van der Waals surface area contributed by atoms with Gasteiger partial charge in [0.1, 0.15) is 0 Å². The zero-order valence-corrected chi connectivity index (χ0v) is 5.83. The Labute approximate surface area is 48.6 Å². The Hall–Kier alpha value is 0.440. The first kappa shape index (κ1) is 10.4. The van der Waals surface area contributed by atoms with Crippen LogP contribution in [0.4, 0.5) is 0 Å². The molecule has 1 unspecified atom stereocenters. The molecule has 0 saturated carbocycles. The van der Waals surface area contributed by atoms with Crippen molar-refractivity contribution in [3.05, 3.63) is 0 Å². The van der Waals surface area contributed by atoms with Gasteiger partial charge in [0.2, 0.25) is 0 Å². The van der Waals surface area contributed by atoms with E-state index in [1.54, 1.807) is 0 Å². The van der Waals surface area contributed by atoms with Crippen LogP contribution in [0.5, 0.6) is 0 Å². The lowest BCUT2D eigenvalue weighted by Gasteiger charge is -1.96. The Balaban J connectivity index is 0. The first-order valence-electron chi connectivity index (χ1n) is 1.42. The van der Waals surface area contributed by atoms with Crippen molar-refractivity contribution in [1.29, 1.82) is 0 Å². The van der Waals surface area contributed by atoms with Gasteiger partial charge in [0, 0.05) is 13.8 Å². The number of hydrogen-bond donors (Lipinski definition) is 1. The summed E-state index contributed by atoms with van der Waals surface area (Å²) in [6, 6.07) is 0. The second kappa shape index (κ2) is 3.44. The van der Waals surface area contributed by atoms with Gasteiger partial charge in [0.25, 0.3) is 0 Å². The molecule has 3 nitrogen and oxygen atoms in total. The SMILES string of the molecule is COP(C)(=O)O.Cl. The summed E-state index contributed by atoms with van der Waals surface area (Å²) in [5.41, 5.74) is 0. The van der Waals surface area contributed by atoms with Crippen LogP contribution in [0.2, 0.25) is 0 Å². The second-order valence-electron chi connectivity index (χ2n) is 0.986. The van der Waals surface area contributed by atoms with Crippen LogP contribution < -0.4 is 0 Å². The molecule has 0 aromatic rings. The van der Waals surface area contributed by atoms with Crippen LogP contribution >= 0.6 is 20.0 Å². The minimum Gasteiger partial charge on any atom is -0.324 e. The van der Waals surface area contributed by atoms with Gasteiger partial charge < -0.3 is 9.42 Å². The van der Waals surface area contributed by atoms with Crippen molar-refractivity contribution in [1.82, 2.24) is 0 Å². The fourth-order valence-electron chi connectivity index (χ4n) is 0. The zero-order valence-electron chi connectivity index (χ0n) is 4.12. The molecule has 0 radical (unpaired) electrons. The summed E-state index contributed by atoms with van der Waals surface area (Å²) >= 11 is 0. The van der Waals surface area contributed by atoms with Gasteiger partial charge in [0.05, 0.1) is 0 Å². The third kappa shape index (κ3) is 10.7. The minimum absolute atomic E-state index is 0. The van der Waals surface area contributed by atoms with Crippen LogP contribution in [0.1, 0.15) is 0 Å². The highest BCUT2D eigenvalue weighted by molar-refractivity contribution is 7.51. The van der Waals surface area contributed by atoms with E-state index in [2.05, 4.69) is 4.52 Å². The predicted molar refractivity (Wildman–Crippen MR) is 30.0 cm³/mol. The summed E-state index contributed by atoms with van der Waals surface area (Å²) in [5.74, 6) is 0. The number of rotatable bonds is 1. The Morgan fingerprint density at radius 1 is 1.71 bits per heavy atom. The van der Waals surface area contributed by atoms with Crippen LogP contribution in [0.3, 0.4) is 0 Å². The summed E-state index contributed by atoms with van der Waals surface area (Å²) in [7, 11) is -1.95. The molecular weight excluding hydrogens is 138 g/mol.